The Bertz CT molecular complexity index is 903. The van der Waals surface area contributed by atoms with Crippen LogP contribution in [0.3, 0.4) is 0 Å². The van der Waals surface area contributed by atoms with E-state index in [2.05, 4.69) is 41.9 Å². The summed E-state index contributed by atoms with van der Waals surface area (Å²) in [6.07, 6.45) is 3.70. The Morgan fingerprint density at radius 3 is 2.54 bits per heavy atom. The van der Waals surface area contributed by atoms with Crippen molar-refractivity contribution < 1.29 is 0 Å². The number of aromatic nitrogens is 3. The Kier molecular flexibility index (Phi) is 5.77. The van der Waals surface area contributed by atoms with Gasteiger partial charge in [0.05, 0.1) is 29.6 Å². The maximum absolute atomic E-state index is 9.08. The first-order valence-corrected chi connectivity index (χ1v) is 8.96. The second-order valence-electron chi connectivity index (χ2n) is 6.11. The van der Waals surface area contributed by atoms with Crippen LogP contribution in [-0.4, -0.2) is 39.3 Å². The molecule has 3 rings (SSSR count). The van der Waals surface area contributed by atoms with Crippen molar-refractivity contribution in [3.05, 3.63) is 60.4 Å². The lowest BCUT2D eigenvalue weighted by Gasteiger charge is -2.17. The molecule has 132 valence electrons. The minimum atomic E-state index is 0.612. The molecule has 2 heterocycles. The number of likely N-dealkylation sites (N-methyl/N-ethyl adjacent to an activating group) is 1. The van der Waals surface area contributed by atoms with Crippen molar-refractivity contribution in [2.24, 2.45) is 0 Å². The van der Waals surface area contributed by atoms with Crippen LogP contribution in [0.25, 0.3) is 22.5 Å². The van der Waals surface area contributed by atoms with E-state index in [1.54, 1.807) is 12.3 Å². The topological polar surface area (TPSA) is 57.7 Å². The number of hydrogen-bond acceptors (Lipinski definition) is 4. The second-order valence-corrected chi connectivity index (χ2v) is 6.11. The van der Waals surface area contributed by atoms with Crippen LogP contribution in [0.1, 0.15) is 19.4 Å². The quantitative estimate of drug-likeness (QED) is 0.653. The number of benzene rings is 1. The zero-order chi connectivity index (χ0) is 18.4. The summed E-state index contributed by atoms with van der Waals surface area (Å²) in [4.78, 5) is 6.77. The fourth-order valence-corrected chi connectivity index (χ4v) is 2.92. The van der Waals surface area contributed by atoms with Gasteiger partial charge in [-0.1, -0.05) is 32.0 Å². The lowest BCUT2D eigenvalue weighted by molar-refractivity contribution is 0.285. The molecule has 0 aliphatic carbocycles. The highest BCUT2D eigenvalue weighted by atomic mass is 15.3. The van der Waals surface area contributed by atoms with Gasteiger partial charge in [-0.25, -0.2) is 0 Å². The summed E-state index contributed by atoms with van der Waals surface area (Å²) < 4.78 is 1.99. The molecule has 0 bridgehead atoms. The molecule has 0 atom stereocenters. The number of nitriles is 1. The van der Waals surface area contributed by atoms with Gasteiger partial charge in [0, 0.05) is 30.1 Å². The van der Waals surface area contributed by atoms with Gasteiger partial charge in [-0.05, 0) is 37.4 Å². The molecule has 0 fully saturated rings. The van der Waals surface area contributed by atoms with Gasteiger partial charge in [0.25, 0.3) is 0 Å². The van der Waals surface area contributed by atoms with E-state index in [1.807, 2.05) is 35.1 Å². The first-order chi connectivity index (χ1) is 12.7. The molecule has 0 aliphatic rings. The van der Waals surface area contributed by atoms with Gasteiger partial charge in [-0.2, -0.15) is 10.4 Å². The molecule has 26 heavy (non-hydrogen) atoms. The first-order valence-electron chi connectivity index (χ1n) is 8.96. The Balaban J connectivity index is 1.79. The molecule has 0 unspecified atom stereocenters. The van der Waals surface area contributed by atoms with E-state index >= 15 is 0 Å². The third kappa shape index (κ3) is 4.16. The minimum absolute atomic E-state index is 0.612. The van der Waals surface area contributed by atoms with E-state index in [-0.39, 0.29) is 0 Å². The van der Waals surface area contributed by atoms with Gasteiger partial charge in [0.1, 0.15) is 0 Å². The van der Waals surface area contributed by atoms with Gasteiger partial charge < -0.3 is 4.90 Å². The third-order valence-electron chi connectivity index (χ3n) is 4.52. The monoisotopic (exact) mass is 345 g/mol. The van der Waals surface area contributed by atoms with E-state index in [4.69, 9.17) is 10.4 Å². The number of pyridine rings is 1. The lowest BCUT2D eigenvalue weighted by atomic mass is 10.0. The van der Waals surface area contributed by atoms with Crippen LogP contribution < -0.4 is 0 Å². The molecule has 3 aromatic rings. The van der Waals surface area contributed by atoms with Crippen LogP contribution in [0.2, 0.25) is 0 Å². The van der Waals surface area contributed by atoms with Gasteiger partial charge in [0.2, 0.25) is 0 Å². The molecular weight excluding hydrogens is 322 g/mol. The number of nitrogens with zero attached hydrogens (tertiary/aromatic N) is 5. The van der Waals surface area contributed by atoms with Crippen molar-refractivity contribution in [2.45, 2.75) is 20.4 Å². The molecule has 5 heteroatoms. The van der Waals surface area contributed by atoms with E-state index in [0.29, 0.717) is 5.56 Å². The lowest BCUT2D eigenvalue weighted by Crippen LogP contribution is -2.27. The van der Waals surface area contributed by atoms with Crippen molar-refractivity contribution in [3.8, 4) is 28.6 Å². The molecule has 0 radical (unpaired) electrons. The summed E-state index contributed by atoms with van der Waals surface area (Å²) >= 11 is 0. The summed E-state index contributed by atoms with van der Waals surface area (Å²) in [5.74, 6) is 0. The molecule has 0 saturated heterocycles. The highest BCUT2D eigenvalue weighted by Crippen LogP contribution is 2.24. The van der Waals surface area contributed by atoms with Gasteiger partial charge in [-0.15, -0.1) is 0 Å². The van der Waals surface area contributed by atoms with Crippen molar-refractivity contribution in [1.82, 2.24) is 19.7 Å². The van der Waals surface area contributed by atoms with E-state index < -0.39 is 0 Å². The zero-order valence-corrected chi connectivity index (χ0v) is 15.3. The molecule has 0 saturated carbocycles. The summed E-state index contributed by atoms with van der Waals surface area (Å²) in [7, 11) is 0. The van der Waals surface area contributed by atoms with Crippen LogP contribution in [0.5, 0.6) is 0 Å². The maximum Gasteiger partial charge on any atom is 0.0992 e. The van der Waals surface area contributed by atoms with Gasteiger partial charge in [0.15, 0.2) is 0 Å². The Morgan fingerprint density at radius 2 is 1.81 bits per heavy atom. The third-order valence-corrected chi connectivity index (χ3v) is 4.52. The Morgan fingerprint density at radius 1 is 1.04 bits per heavy atom. The molecule has 0 aliphatic heterocycles. The van der Waals surface area contributed by atoms with Crippen molar-refractivity contribution in [3.63, 3.8) is 0 Å². The molecule has 2 aromatic heterocycles. The summed E-state index contributed by atoms with van der Waals surface area (Å²) in [5.41, 5.74) is 4.39. The highest BCUT2D eigenvalue weighted by molar-refractivity contribution is 5.69. The van der Waals surface area contributed by atoms with Crippen LogP contribution in [0, 0.1) is 11.3 Å². The average molecular weight is 345 g/mol. The van der Waals surface area contributed by atoms with Gasteiger partial charge >= 0.3 is 0 Å². The van der Waals surface area contributed by atoms with Crippen molar-refractivity contribution >= 4 is 0 Å². The number of hydrogen-bond donors (Lipinski definition) is 0. The number of rotatable bonds is 7. The predicted octanol–water partition coefficient (Wildman–Crippen LogP) is 3.83. The van der Waals surface area contributed by atoms with Gasteiger partial charge in [-0.3, -0.25) is 9.67 Å². The Hall–Kier alpha value is -2.97. The normalized spacial score (nSPS) is 10.8. The summed E-state index contributed by atoms with van der Waals surface area (Å²) in [5, 5.41) is 13.8. The van der Waals surface area contributed by atoms with Crippen LogP contribution in [-0.2, 0) is 6.54 Å². The van der Waals surface area contributed by atoms with Crippen LogP contribution in [0.4, 0.5) is 0 Å². The van der Waals surface area contributed by atoms with Crippen LogP contribution >= 0.6 is 0 Å². The highest BCUT2D eigenvalue weighted by Gasteiger charge is 2.07. The first kappa shape index (κ1) is 17.8. The standard InChI is InChI=1S/C21H23N5/c1-3-25(4-2)12-13-26-11-9-20(24-26)18-6-5-7-19(15-18)21-14-17(16-22)8-10-23-21/h5-11,14-15H,3-4,12-13H2,1-2H3. The smallest absolute Gasteiger partial charge is 0.0992 e. The maximum atomic E-state index is 9.08. The van der Waals surface area contributed by atoms with Crippen molar-refractivity contribution in [2.75, 3.05) is 19.6 Å². The van der Waals surface area contributed by atoms with Crippen molar-refractivity contribution in [1.29, 1.82) is 5.26 Å². The zero-order valence-electron chi connectivity index (χ0n) is 15.3. The molecule has 5 nitrogen and oxygen atoms in total. The fraction of sp³-hybridized carbons (Fsp3) is 0.286. The fourth-order valence-electron chi connectivity index (χ4n) is 2.92. The van der Waals surface area contributed by atoms with Crippen LogP contribution in [0.15, 0.2) is 54.9 Å². The largest absolute Gasteiger partial charge is 0.302 e. The predicted molar refractivity (Wildman–Crippen MR) is 103 cm³/mol. The molecule has 0 amide bonds. The average Bonchev–Trinajstić information content (AvgIpc) is 3.18. The summed E-state index contributed by atoms with van der Waals surface area (Å²) in [6.45, 7) is 8.35. The second kappa shape index (κ2) is 8.41. The Labute approximate surface area is 154 Å². The molecule has 1 aromatic carbocycles. The SMILES string of the molecule is CCN(CC)CCn1ccc(-c2cccc(-c3cc(C#N)ccn3)c2)n1. The molecule has 0 N–H and O–H groups in total. The van der Waals surface area contributed by atoms with E-state index in [9.17, 15) is 0 Å². The minimum Gasteiger partial charge on any atom is -0.302 e. The van der Waals surface area contributed by atoms with E-state index in [1.165, 1.54) is 0 Å². The summed E-state index contributed by atoms with van der Waals surface area (Å²) in [6, 6.07) is 15.8. The molecule has 0 spiro atoms. The molecular formula is C21H23N5. The van der Waals surface area contributed by atoms with E-state index in [0.717, 1.165) is 48.7 Å².